The number of ether oxygens (including phenoxy) is 2. The number of rotatable bonds is 4. The molecule has 0 saturated heterocycles. The molecular weight excluding hydrogens is 320 g/mol. The minimum absolute atomic E-state index is 0.0436. The van der Waals surface area contributed by atoms with Crippen LogP contribution in [0.2, 0.25) is 5.02 Å². The molecule has 1 unspecified atom stereocenters. The SMILES string of the molecule is COc1cc(OC)nc(C(Cl)c2ccc(F)c(Cl)c2N)n1. The number of benzene rings is 1. The van der Waals surface area contributed by atoms with Crippen LogP contribution in [-0.4, -0.2) is 24.2 Å². The standard InChI is InChI=1S/C13H12Cl2FN3O2/c1-20-8-5-9(21-2)19-13(18-8)10(14)6-3-4-7(16)11(15)12(6)17/h3-5,10H,17H2,1-2H3. The first-order valence-electron chi connectivity index (χ1n) is 5.82. The Labute approximate surface area is 130 Å². The number of hydrogen-bond donors (Lipinski definition) is 1. The van der Waals surface area contributed by atoms with Gasteiger partial charge in [-0.3, -0.25) is 0 Å². The van der Waals surface area contributed by atoms with Crippen LogP contribution in [0.15, 0.2) is 18.2 Å². The van der Waals surface area contributed by atoms with Crippen LogP contribution in [-0.2, 0) is 0 Å². The van der Waals surface area contributed by atoms with E-state index in [1.54, 1.807) is 0 Å². The van der Waals surface area contributed by atoms with Crippen molar-refractivity contribution in [1.82, 2.24) is 9.97 Å². The van der Waals surface area contributed by atoms with Gasteiger partial charge in [-0.25, -0.2) is 4.39 Å². The zero-order valence-electron chi connectivity index (χ0n) is 11.2. The summed E-state index contributed by atoms with van der Waals surface area (Å²) >= 11 is 12.1. The van der Waals surface area contributed by atoms with Crippen LogP contribution in [0.3, 0.4) is 0 Å². The lowest BCUT2D eigenvalue weighted by Gasteiger charge is -2.14. The summed E-state index contributed by atoms with van der Waals surface area (Å²) in [4.78, 5) is 8.26. The van der Waals surface area contributed by atoms with E-state index < -0.39 is 11.2 Å². The molecule has 0 amide bonds. The van der Waals surface area contributed by atoms with Gasteiger partial charge in [0.2, 0.25) is 11.8 Å². The third-order valence-electron chi connectivity index (χ3n) is 2.78. The Hall–Kier alpha value is -1.79. The second kappa shape index (κ2) is 6.32. The fraction of sp³-hybridized carbons (Fsp3) is 0.231. The van der Waals surface area contributed by atoms with E-state index in [0.717, 1.165) is 0 Å². The Morgan fingerprint density at radius 1 is 1.19 bits per heavy atom. The number of aromatic nitrogens is 2. The summed E-state index contributed by atoms with van der Waals surface area (Å²) in [6, 6.07) is 4.12. The fourth-order valence-corrected chi connectivity index (χ4v) is 2.14. The molecule has 0 fully saturated rings. The molecule has 0 aliphatic carbocycles. The highest BCUT2D eigenvalue weighted by Crippen LogP contribution is 2.36. The molecule has 21 heavy (non-hydrogen) atoms. The van der Waals surface area contributed by atoms with Crippen molar-refractivity contribution in [2.75, 3.05) is 20.0 Å². The van der Waals surface area contributed by atoms with Gasteiger partial charge in [0.15, 0.2) is 5.82 Å². The van der Waals surface area contributed by atoms with Crippen LogP contribution in [0.4, 0.5) is 10.1 Å². The average Bonchev–Trinajstić information content (AvgIpc) is 2.51. The minimum atomic E-state index is -0.827. The smallest absolute Gasteiger partial charge is 0.220 e. The molecule has 1 aromatic carbocycles. The van der Waals surface area contributed by atoms with E-state index in [1.807, 2.05) is 0 Å². The maximum Gasteiger partial charge on any atom is 0.220 e. The summed E-state index contributed by atoms with van der Waals surface area (Å²) in [5, 5.41) is -1.01. The van der Waals surface area contributed by atoms with Crippen molar-refractivity contribution in [3.63, 3.8) is 0 Å². The van der Waals surface area contributed by atoms with Crippen molar-refractivity contribution in [2.45, 2.75) is 5.38 Å². The van der Waals surface area contributed by atoms with Crippen molar-refractivity contribution in [1.29, 1.82) is 0 Å². The van der Waals surface area contributed by atoms with E-state index in [9.17, 15) is 4.39 Å². The van der Waals surface area contributed by atoms with Gasteiger partial charge in [0.1, 0.15) is 11.2 Å². The molecule has 5 nitrogen and oxygen atoms in total. The van der Waals surface area contributed by atoms with E-state index in [-0.39, 0.29) is 28.3 Å². The van der Waals surface area contributed by atoms with Gasteiger partial charge in [-0.1, -0.05) is 17.7 Å². The lowest BCUT2D eigenvalue weighted by molar-refractivity contribution is 0.368. The summed E-state index contributed by atoms with van der Waals surface area (Å²) in [7, 11) is 2.91. The molecule has 0 saturated carbocycles. The van der Waals surface area contributed by atoms with Crippen LogP contribution < -0.4 is 15.2 Å². The van der Waals surface area contributed by atoms with Gasteiger partial charge in [-0.05, 0) is 6.07 Å². The van der Waals surface area contributed by atoms with E-state index >= 15 is 0 Å². The van der Waals surface area contributed by atoms with Crippen LogP contribution in [0, 0.1) is 5.82 Å². The molecule has 2 aromatic rings. The number of halogens is 3. The first kappa shape index (κ1) is 15.6. The van der Waals surface area contributed by atoms with Crippen molar-refractivity contribution in [2.24, 2.45) is 0 Å². The van der Waals surface area contributed by atoms with Crippen molar-refractivity contribution >= 4 is 28.9 Å². The van der Waals surface area contributed by atoms with E-state index in [0.29, 0.717) is 5.56 Å². The molecule has 112 valence electrons. The predicted octanol–water partition coefficient (Wildman–Crippen LogP) is 3.20. The van der Waals surface area contributed by atoms with E-state index in [1.165, 1.54) is 32.4 Å². The quantitative estimate of drug-likeness (QED) is 0.688. The van der Waals surface area contributed by atoms with Crippen LogP contribution in [0.1, 0.15) is 16.8 Å². The lowest BCUT2D eigenvalue weighted by Crippen LogP contribution is -2.07. The van der Waals surface area contributed by atoms with Crippen LogP contribution >= 0.6 is 23.2 Å². The summed E-state index contributed by atoms with van der Waals surface area (Å²) in [5.41, 5.74) is 6.23. The largest absolute Gasteiger partial charge is 0.481 e. The van der Waals surface area contributed by atoms with Gasteiger partial charge in [-0.15, -0.1) is 11.6 Å². The fourth-order valence-electron chi connectivity index (χ4n) is 1.68. The molecule has 8 heteroatoms. The third kappa shape index (κ3) is 3.11. The van der Waals surface area contributed by atoms with Crippen molar-refractivity contribution in [3.8, 4) is 11.8 Å². The predicted molar refractivity (Wildman–Crippen MR) is 78.7 cm³/mol. The minimum Gasteiger partial charge on any atom is -0.481 e. The highest BCUT2D eigenvalue weighted by molar-refractivity contribution is 6.33. The van der Waals surface area contributed by atoms with E-state index in [4.69, 9.17) is 38.4 Å². The summed E-state index contributed by atoms with van der Waals surface area (Å²) in [6.07, 6.45) is 0. The Kier molecular flexibility index (Phi) is 4.69. The number of methoxy groups -OCH3 is 2. The van der Waals surface area contributed by atoms with Gasteiger partial charge in [0, 0.05) is 5.56 Å². The molecule has 1 aromatic heterocycles. The van der Waals surface area contributed by atoms with Crippen LogP contribution in [0.5, 0.6) is 11.8 Å². The Morgan fingerprint density at radius 3 is 2.29 bits per heavy atom. The molecule has 0 spiro atoms. The van der Waals surface area contributed by atoms with Crippen LogP contribution in [0.25, 0.3) is 0 Å². The molecular formula is C13H12Cl2FN3O2. The number of anilines is 1. The summed E-state index contributed by atoms with van der Waals surface area (Å²) in [6.45, 7) is 0. The summed E-state index contributed by atoms with van der Waals surface area (Å²) in [5.74, 6) is 0.164. The Morgan fingerprint density at radius 2 is 1.76 bits per heavy atom. The van der Waals surface area contributed by atoms with Gasteiger partial charge in [0.05, 0.1) is 31.0 Å². The monoisotopic (exact) mass is 331 g/mol. The summed E-state index contributed by atoms with van der Waals surface area (Å²) < 4.78 is 23.4. The Balaban J connectivity index is 2.49. The zero-order chi connectivity index (χ0) is 15.6. The van der Waals surface area contributed by atoms with Gasteiger partial charge < -0.3 is 15.2 Å². The zero-order valence-corrected chi connectivity index (χ0v) is 12.7. The number of nitrogen functional groups attached to an aromatic ring is 1. The molecule has 2 rings (SSSR count). The number of nitrogens with two attached hydrogens (primary N) is 1. The van der Waals surface area contributed by atoms with Crippen molar-refractivity contribution < 1.29 is 13.9 Å². The molecule has 0 bridgehead atoms. The molecule has 0 aliphatic rings. The van der Waals surface area contributed by atoms with E-state index in [2.05, 4.69) is 9.97 Å². The number of hydrogen-bond acceptors (Lipinski definition) is 5. The Bertz CT molecular complexity index is 648. The molecule has 2 N–H and O–H groups in total. The average molecular weight is 332 g/mol. The van der Waals surface area contributed by atoms with Gasteiger partial charge in [0.25, 0.3) is 0 Å². The molecule has 1 atom stereocenters. The highest BCUT2D eigenvalue weighted by Gasteiger charge is 2.21. The van der Waals surface area contributed by atoms with Gasteiger partial charge in [-0.2, -0.15) is 9.97 Å². The third-order valence-corrected chi connectivity index (χ3v) is 3.60. The van der Waals surface area contributed by atoms with Gasteiger partial charge >= 0.3 is 0 Å². The molecule has 0 aliphatic heterocycles. The number of alkyl halides is 1. The lowest BCUT2D eigenvalue weighted by atomic mass is 10.1. The maximum atomic E-state index is 13.3. The topological polar surface area (TPSA) is 70.3 Å². The first-order chi connectivity index (χ1) is 9.97. The normalized spacial score (nSPS) is 12.0. The molecule has 1 heterocycles. The van der Waals surface area contributed by atoms with Crippen molar-refractivity contribution in [3.05, 3.63) is 40.4 Å². The number of nitrogens with zero attached hydrogens (tertiary/aromatic N) is 2. The first-order valence-corrected chi connectivity index (χ1v) is 6.63. The molecule has 0 radical (unpaired) electrons. The maximum absolute atomic E-state index is 13.3. The highest BCUT2D eigenvalue weighted by atomic mass is 35.5. The second-order valence-corrected chi connectivity index (χ2v) is 4.85. The second-order valence-electron chi connectivity index (χ2n) is 4.04.